The molecule has 0 aromatic carbocycles. The first-order valence-electron chi connectivity index (χ1n) is 3.75. The van der Waals surface area contributed by atoms with E-state index in [1.807, 2.05) is 0 Å². The summed E-state index contributed by atoms with van der Waals surface area (Å²) in [7, 11) is -2.94. The summed E-state index contributed by atoms with van der Waals surface area (Å²) in [5.41, 5.74) is 5.16. The lowest BCUT2D eigenvalue weighted by molar-refractivity contribution is -0.140. The Labute approximate surface area is 76.2 Å². The van der Waals surface area contributed by atoms with Crippen LogP contribution in [0.2, 0.25) is 0 Å². The van der Waals surface area contributed by atoms with Gasteiger partial charge in [-0.15, -0.1) is 0 Å². The molecule has 0 aliphatic heterocycles. The van der Waals surface area contributed by atoms with Crippen LogP contribution < -0.4 is 5.73 Å². The van der Waals surface area contributed by atoms with Crippen LogP contribution in [0.15, 0.2) is 0 Å². The molecule has 0 bridgehead atoms. The van der Waals surface area contributed by atoms with Gasteiger partial charge in [-0.05, 0) is 12.8 Å². The minimum Gasteiger partial charge on any atom is -0.469 e. The fourth-order valence-corrected chi connectivity index (χ4v) is 1.24. The molecule has 0 aliphatic rings. The van der Waals surface area contributed by atoms with Crippen molar-refractivity contribution in [3.8, 4) is 0 Å². The van der Waals surface area contributed by atoms with Crippen molar-refractivity contribution in [1.29, 1.82) is 0 Å². The number of ether oxygens (including phenoxy) is 1. The predicted octanol–water partition coefficient (Wildman–Crippen LogP) is -0.208. The van der Waals surface area contributed by atoms with Crippen molar-refractivity contribution in [2.45, 2.75) is 25.0 Å². The van der Waals surface area contributed by atoms with Crippen LogP contribution in [0.1, 0.15) is 19.3 Å². The molecule has 0 aliphatic carbocycles. The average Bonchev–Trinajstić information content (AvgIpc) is 2.02. The monoisotopic (exact) mass is 211 g/mol. The highest BCUT2D eigenvalue weighted by molar-refractivity contribution is 7.52. The highest BCUT2D eigenvalue weighted by atomic mass is 31.2. The second kappa shape index (κ2) is 5.34. The van der Waals surface area contributed by atoms with E-state index in [4.69, 9.17) is 15.5 Å². The number of carbonyl (C=O) groups excluding carboxylic acids is 1. The van der Waals surface area contributed by atoms with Crippen LogP contribution in [0.25, 0.3) is 0 Å². The number of methoxy groups -OCH3 is 1. The van der Waals surface area contributed by atoms with Crippen molar-refractivity contribution in [2.24, 2.45) is 5.73 Å². The Bertz CT molecular complexity index is 213. The standard InChI is InChI=1S/C6H14NO5P/c1-12-6(8)4-2-3-5(7)13(9,10)11/h5H,2-4,7H2,1H3,(H2,9,10,11)/t5-/m0/s1. The number of esters is 1. The molecule has 7 heteroatoms. The van der Waals surface area contributed by atoms with E-state index >= 15 is 0 Å². The van der Waals surface area contributed by atoms with E-state index < -0.39 is 19.3 Å². The molecule has 13 heavy (non-hydrogen) atoms. The summed E-state index contributed by atoms with van der Waals surface area (Å²) in [5.74, 6) is -1.59. The van der Waals surface area contributed by atoms with E-state index in [0.29, 0.717) is 6.42 Å². The summed E-state index contributed by atoms with van der Waals surface area (Å²) in [5, 5.41) is 0. The lowest BCUT2D eigenvalue weighted by Crippen LogP contribution is -2.20. The zero-order valence-corrected chi connectivity index (χ0v) is 8.24. The molecule has 0 aromatic heterocycles. The maximum Gasteiger partial charge on any atom is 0.342 e. The van der Waals surface area contributed by atoms with Crippen molar-refractivity contribution in [1.82, 2.24) is 0 Å². The quantitative estimate of drug-likeness (QED) is 0.428. The molecule has 0 unspecified atom stereocenters. The summed E-state index contributed by atoms with van der Waals surface area (Å²) in [6.07, 6.45) is 0.558. The van der Waals surface area contributed by atoms with Crippen molar-refractivity contribution in [3.05, 3.63) is 0 Å². The van der Waals surface area contributed by atoms with E-state index in [9.17, 15) is 9.36 Å². The minimum atomic E-state index is -4.20. The highest BCUT2D eigenvalue weighted by Gasteiger charge is 2.23. The van der Waals surface area contributed by atoms with Crippen molar-refractivity contribution in [2.75, 3.05) is 7.11 Å². The maximum atomic E-state index is 10.6. The van der Waals surface area contributed by atoms with E-state index in [0.717, 1.165) is 0 Å². The zero-order valence-electron chi connectivity index (χ0n) is 7.34. The van der Waals surface area contributed by atoms with Crippen LogP contribution in [-0.2, 0) is 14.1 Å². The van der Waals surface area contributed by atoms with E-state index in [-0.39, 0.29) is 12.8 Å². The molecule has 0 fully saturated rings. The summed E-state index contributed by atoms with van der Waals surface area (Å²) in [6.45, 7) is 0. The third kappa shape index (κ3) is 5.76. The van der Waals surface area contributed by atoms with Gasteiger partial charge in [0.1, 0.15) is 5.78 Å². The zero-order chi connectivity index (χ0) is 10.5. The third-order valence-electron chi connectivity index (χ3n) is 1.54. The number of carbonyl (C=O) groups is 1. The Morgan fingerprint density at radius 3 is 2.54 bits per heavy atom. The highest BCUT2D eigenvalue weighted by Crippen LogP contribution is 2.40. The van der Waals surface area contributed by atoms with Gasteiger partial charge in [-0.1, -0.05) is 0 Å². The van der Waals surface area contributed by atoms with Crippen LogP contribution in [0.5, 0.6) is 0 Å². The second-order valence-electron chi connectivity index (χ2n) is 2.62. The van der Waals surface area contributed by atoms with Crippen molar-refractivity contribution in [3.63, 3.8) is 0 Å². The first-order chi connectivity index (χ1) is 5.88. The van der Waals surface area contributed by atoms with Gasteiger partial charge in [0.2, 0.25) is 0 Å². The van der Waals surface area contributed by atoms with Gasteiger partial charge in [-0.25, -0.2) is 0 Å². The molecule has 0 amide bonds. The second-order valence-corrected chi connectivity index (χ2v) is 4.47. The van der Waals surface area contributed by atoms with E-state index in [1.54, 1.807) is 0 Å². The summed E-state index contributed by atoms with van der Waals surface area (Å²) in [4.78, 5) is 27.7. The Morgan fingerprint density at radius 1 is 1.62 bits per heavy atom. The van der Waals surface area contributed by atoms with Gasteiger partial charge < -0.3 is 20.3 Å². The summed E-state index contributed by atoms with van der Waals surface area (Å²) >= 11 is 0. The van der Waals surface area contributed by atoms with Gasteiger partial charge >= 0.3 is 13.6 Å². The molecule has 0 saturated carbocycles. The van der Waals surface area contributed by atoms with Crippen LogP contribution in [0.4, 0.5) is 0 Å². The number of hydrogen-bond donors (Lipinski definition) is 3. The van der Waals surface area contributed by atoms with Crippen LogP contribution in [-0.4, -0.2) is 28.6 Å². The minimum absolute atomic E-state index is 0.110. The van der Waals surface area contributed by atoms with Crippen LogP contribution in [0.3, 0.4) is 0 Å². The molecule has 0 radical (unpaired) electrons. The Morgan fingerprint density at radius 2 is 2.15 bits per heavy atom. The fourth-order valence-electron chi connectivity index (χ4n) is 0.726. The molecule has 6 nitrogen and oxygen atoms in total. The van der Waals surface area contributed by atoms with Gasteiger partial charge in [0, 0.05) is 6.42 Å². The lowest BCUT2D eigenvalue weighted by atomic mass is 10.2. The Balaban J connectivity index is 3.66. The lowest BCUT2D eigenvalue weighted by Gasteiger charge is -2.12. The SMILES string of the molecule is COC(=O)CCC[C@@H](N)P(=O)(O)O. The molecule has 0 saturated heterocycles. The van der Waals surface area contributed by atoms with E-state index in [2.05, 4.69) is 4.74 Å². The molecular formula is C6H14NO5P. The predicted molar refractivity (Wildman–Crippen MR) is 45.9 cm³/mol. The van der Waals surface area contributed by atoms with Gasteiger partial charge in [-0.3, -0.25) is 9.36 Å². The molecule has 0 aromatic rings. The van der Waals surface area contributed by atoms with Crippen molar-refractivity contribution >= 4 is 13.6 Å². The summed E-state index contributed by atoms with van der Waals surface area (Å²) < 4.78 is 14.9. The fraction of sp³-hybridized carbons (Fsp3) is 0.833. The van der Waals surface area contributed by atoms with Crippen molar-refractivity contribution < 1.29 is 23.9 Å². The molecule has 1 atom stereocenters. The van der Waals surface area contributed by atoms with Crippen LogP contribution in [0, 0.1) is 0 Å². The smallest absolute Gasteiger partial charge is 0.342 e. The molecule has 0 rings (SSSR count). The molecule has 0 spiro atoms. The Hall–Kier alpha value is -0.420. The molecule has 0 heterocycles. The van der Waals surface area contributed by atoms with Gasteiger partial charge in [0.25, 0.3) is 0 Å². The van der Waals surface area contributed by atoms with E-state index in [1.165, 1.54) is 7.11 Å². The summed E-state index contributed by atoms with van der Waals surface area (Å²) in [6, 6.07) is 0. The molecule has 4 N–H and O–H groups in total. The van der Waals surface area contributed by atoms with Crippen LogP contribution >= 0.6 is 7.60 Å². The number of hydrogen-bond acceptors (Lipinski definition) is 4. The Kier molecular flexibility index (Phi) is 5.17. The topological polar surface area (TPSA) is 110 Å². The number of rotatable bonds is 5. The largest absolute Gasteiger partial charge is 0.469 e. The maximum absolute atomic E-state index is 10.6. The third-order valence-corrected chi connectivity index (χ3v) is 2.66. The normalized spacial score (nSPS) is 13.8. The molecular weight excluding hydrogens is 197 g/mol. The van der Waals surface area contributed by atoms with Gasteiger partial charge in [0.05, 0.1) is 7.11 Å². The molecule has 78 valence electrons. The first kappa shape index (κ1) is 12.6. The van der Waals surface area contributed by atoms with Gasteiger partial charge in [-0.2, -0.15) is 0 Å². The number of nitrogens with two attached hydrogens (primary N) is 1. The average molecular weight is 211 g/mol. The first-order valence-corrected chi connectivity index (χ1v) is 5.43. The van der Waals surface area contributed by atoms with Gasteiger partial charge in [0.15, 0.2) is 0 Å².